The smallest absolute Gasteiger partial charge is 0.161 e. The van der Waals surface area contributed by atoms with Crippen LogP contribution in [0.2, 0.25) is 0 Å². The summed E-state index contributed by atoms with van der Waals surface area (Å²) in [6, 6.07) is 17.3. The minimum atomic E-state index is 0. The van der Waals surface area contributed by atoms with Gasteiger partial charge in [0.2, 0.25) is 0 Å². The van der Waals surface area contributed by atoms with Crippen molar-refractivity contribution in [3.63, 3.8) is 0 Å². The molecular weight excluding hydrogens is 256 g/mol. The summed E-state index contributed by atoms with van der Waals surface area (Å²) in [6.07, 6.45) is 0. The molecule has 3 rings (SSSR count). The molecule has 19 heavy (non-hydrogen) atoms. The molecule has 0 saturated carbocycles. The second-order valence-corrected chi connectivity index (χ2v) is 4.76. The molecule has 0 aliphatic carbocycles. The van der Waals surface area contributed by atoms with Crippen molar-refractivity contribution < 1.29 is 12.4 Å². The Balaban J connectivity index is 0.00000133. The summed E-state index contributed by atoms with van der Waals surface area (Å²) < 4.78 is 0.930. The van der Waals surface area contributed by atoms with E-state index in [9.17, 15) is 0 Å². The average Bonchev–Trinajstić information content (AvgIpc) is 2.45. The van der Waals surface area contributed by atoms with Crippen LogP contribution in [0.1, 0.15) is 13.8 Å². The number of benzene rings is 2. The van der Waals surface area contributed by atoms with Gasteiger partial charge in [-0.2, -0.15) is 0 Å². The maximum absolute atomic E-state index is 3.55. The van der Waals surface area contributed by atoms with Gasteiger partial charge < -0.3 is 17.7 Å². The lowest BCUT2D eigenvalue weighted by Crippen LogP contribution is -3.00. The number of hydrogen-bond acceptors (Lipinski definition) is 1. The number of nitrogens with one attached hydrogen (secondary N) is 1. The molecule has 1 aliphatic heterocycles. The number of para-hydroxylation sites is 4. The summed E-state index contributed by atoms with van der Waals surface area (Å²) in [5.41, 5.74) is 5.22. The Labute approximate surface area is 121 Å². The molecule has 0 fully saturated rings. The molecule has 1 N–H and O–H groups in total. The van der Waals surface area contributed by atoms with Crippen LogP contribution in [0.25, 0.3) is 0 Å². The second kappa shape index (κ2) is 5.24. The normalized spacial score (nSPS) is 14.6. The third-order valence-electron chi connectivity index (χ3n) is 4.08. The fourth-order valence-electron chi connectivity index (χ4n) is 3.09. The topological polar surface area (TPSA) is 12.0 Å². The minimum absolute atomic E-state index is 0. The molecule has 1 heterocycles. The largest absolute Gasteiger partial charge is 1.00 e. The first kappa shape index (κ1) is 13.9. The molecule has 2 nitrogen and oxygen atoms in total. The molecule has 0 amide bonds. The molecule has 2 aromatic carbocycles. The van der Waals surface area contributed by atoms with E-state index < -0.39 is 0 Å². The van der Waals surface area contributed by atoms with E-state index in [4.69, 9.17) is 0 Å². The van der Waals surface area contributed by atoms with E-state index in [1.54, 1.807) is 0 Å². The standard InChI is InChI=1S/C16H19N2.ClH/c1-3-18(4-2)15-11-7-5-9-13(15)17-14-10-6-8-12-16(14)18;/h5-12,17H,3-4H2,1-2H3;1H/q+1;/p-1. The molecule has 0 spiro atoms. The van der Waals surface area contributed by atoms with Gasteiger partial charge in [-0.1, -0.05) is 24.3 Å². The zero-order valence-electron chi connectivity index (χ0n) is 11.4. The molecule has 1 aliphatic rings. The molecule has 0 bridgehead atoms. The molecule has 0 saturated heterocycles. The molecule has 0 atom stereocenters. The van der Waals surface area contributed by atoms with Crippen LogP contribution in [-0.4, -0.2) is 13.1 Å². The summed E-state index contributed by atoms with van der Waals surface area (Å²) in [5.74, 6) is 0. The van der Waals surface area contributed by atoms with Crippen LogP contribution in [-0.2, 0) is 0 Å². The van der Waals surface area contributed by atoms with Crippen LogP contribution in [0, 0.1) is 0 Å². The van der Waals surface area contributed by atoms with Gasteiger partial charge in [0.1, 0.15) is 11.4 Å². The first-order valence-corrected chi connectivity index (χ1v) is 6.65. The summed E-state index contributed by atoms with van der Waals surface area (Å²) in [6.45, 7) is 6.68. The van der Waals surface area contributed by atoms with Crippen LogP contribution < -0.4 is 22.2 Å². The number of rotatable bonds is 2. The molecule has 0 aromatic heterocycles. The SMILES string of the molecule is CC[N+]1(CC)c2ccccc2Nc2ccccc21.[Cl-]. The zero-order chi connectivity index (χ0) is 12.6. The lowest BCUT2D eigenvalue weighted by atomic mass is 10.1. The molecule has 0 unspecified atom stereocenters. The van der Waals surface area contributed by atoms with Crippen molar-refractivity contribution in [3.05, 3.63) is 48.5 Å². The Hall–Kier alpha value is -1.51. The van der Waals surface area contributed by atoms with Gasteiger partial charge in [0.25, 0.3) is 0 Å². The highest BCUT2D eigenvalue weighted by molar-refractivity contribution is 5.88. The van der Waals surface area contributed by atoms with Gasteiger partial charge in [-0.25, -0.2) is 0 Å². The third-order valence-corrected chi connectivity index (χ3v) is 4.08. The molecular formula is C16H19ClN2. The van der Waals surface area contributed by atoms with Gasteiger partial charge in [-0.05, 0) is 26.0 Å². The van der Waals surface area contributed by atoms with Crippen molar-refractivity contribution in [2.24, 2.45) is 0 Å². The molecule has 0 radical (unpaired) electrons. The first-order valence-electron chi connectivity index (χ1n) is 6.65. The Morgan fingerprint density at radius 1 is 0.789 bits per heavy atom. The van der Waals surface area contributed by atoms with Gasteiger partial charge >= 0.3 is 0 Å². The number of fused-ring (bicyclic) bond motifs is 2. The molecule has 2 aromatic rings. The van der Waals surface area contributed by atoms with E-state index in [1.807, 2.05) is 0 Å². The first-order chi connectivity index (χ1) is 8.81. The van der Waals surface area contributed by atoms with Crippen LogP contribution >= 0.6 is 0 Å². The van der Waals surface area contributed by atoms with E-state index in [1.165, 1.54) is 22.7 Å². The van der Waals surface area contributed by atoms with Crippen molar-refractivity contribution in [1.29, 1.82) is 0 Å². The van der Waals surface area contributed by atoms with E-state index in [0.29, 0.717) is 0 Å². The molecule has 3 heteroatoms. The van der Waals surface area contributed by atoms with Crippen LogP contribution in [0.3, 0.4) is 0 Å². The van der Waals surface area contributed by atoms with Crippen molar-refractivity contribution in [1.82, 2.24) is 4.48 Å². The fourth-order valence-corrected chi connectivity index (χ4v) is 3.09. The summed E-state index contributed by atoms with van der Waals surface area (Å²) >= 11 is 0. The Kier molecular flexibility index (Phi) is 3.83. The predicted octanol–water partition coefficient (Wildman–Crippen LogP) is 1.43. The summed E-state index contributed by atoms with van der Waals surface area (Å²) in [4.78, 5) is 0. The number of nitrogens with zero attached hydrogens (tertiary/aromatic N) is 1. The van der Waals surface area contributed by atoms with Crippen molar-refractivity contribution in [2.45, 2.75) is 13.8 Å². The van der Waals surface area contributed by atoms with Gasteiger partial charge in [-0.3, -0.25) is 4.48 Å². The number of halogens is 1. The lowest BCUT2D eigenvalue weighted by molar-refractivity contribution is -0.00000360. The minimum Gasteiger partial charge on any atom is -1.00 e. The molecule has 100 valence electrons. The van der Waals surface area contributed by atoms with Crippen molar-refractivity contribution >= 4 is 22.7 Å². The zero-order valence-corrected chi connectivity index (χ0v) is 12.1. The number of anilines is 2. The predicted molar refractivity (Wildman–Crippen MR) is 78.7 cm³/mol. The highest BCUT2D eigenvalue weighted by atomic mass is 35.5. The Morgan fingerprint density at radius 2 is 1.21 bits per heavy atom. The van der Waals surface area contributed by atoms with Crippen LogP contribution in [0.15, 0.2) is 48.5 Å². The van der Waals surface area contributed by atoms with E-state index in [2.05, 4.69) is 67.7 Å². The third kappa shape index (κ3) is 1.92. The monoisotopic (exact) mass is 274 g/mol. The number of hydrogen-bond donors (Lipinski definition) is 1. The van der Waals surface area contributed by atoms with Gasteiger partial charge in [0, 0.05) is 12.1 Å². The van der Waals surface area contributed by atoms with Gasteiger partial charge in [-0.15, -0.1) is 0 Å². The second-order valence-electron chi connectivity index (χ2n) is 4.76. The number of quaternary nitrogens is 1. The van der Waals surface area contributed by atoms with E-state index in [-0.39, 0.29) is 12.4 Å². The van der Waals surface area contributed by atoms with Crippen LogP contribution in [0.4, 0.5) is 22.7 Å². The fraction of sp³-hybridized carbons (Fsp3) is 0.250. The maximum Gasteiger partial charge on any atom is 0.161 e. The summed E-state index contributed by atoms with van der Waals surface area (Å²) in [5, 5.41) is 3.55. The van der Waals surface area contributed by atoms with Crippen LogP contribution in [0.5, 0.6) is 0 Å². The average molecular weight is 275 g/mol. The van der Waals surface area contributed by atoms with Crippen molar-refractivity contribution in [3.8, 4) is 0 Å². The quantitative estimate of drug-likeness (QED) is 0.817. The maximum atomic E-state index is 3.55. The Morgan fingerprint density at radius 3 is 1.63 bits per heavy atom. The van der Waals surface area contributed by atoms with E-state index >= 15 is 0 Å². The Bertz CT molecular complexity index is 529. The van der Waals surface area contributed by atoms with Crippen molar-refractivity contribution in [2.75, 3.05) is 18.4 Å². The highest BCUT2D eigenvalue weighted by Crippen LogP contribution is 2.48. The highest BCUT2D eigenvalue weighted by Gasteiger charge is 2.37. The van der Waals surface area contributed by atoms with Gasteiger partial charge in [0.15, 0.2) is 11.4 Å². The lowest BCUT2D eigenvalue weighted by Gasteiger charge is -2.41. The summed E-state index contributed by atoms with van der Waals surface area (Å²) in [7, 11) is 0. The van der Waals surface area contributed by atoms with Gasteiger partial charge in [0.05, 0.1) is 13.1 Å². The van der Waals surface area contributed by atoms with E-state index in [0.717, 1.165) is 17.6 Å².